The minimum atomic E-state index is 0. The fourth-order valence-electron chi connectivity index (χ4n) is 2.76. The highest BCUT2D eigenvalue weighted by atomic mass is 35.5. The molecule has 0 bridgehead atoms. The quantitative estimate of drug-likeness (QED) is 0.746. The second-order valence-electron chi connectivity index (χ2n) is 5.52. The summed E-state index contributed by atoms with van der Waals surface area (Å²) in [5.74, 6) is 1.27. The van der Waals surface area contributed by atoms with Crippen molar-refractivity contribution >= 4 is 40.9 Å². The average Bonchev–Trinajstić information content (AvgIpc) is 2.98. The van der Waals surface area contributed by atoms with Crippen LogP contribution in [0, 0.1) is 0 Å². The zero-order valence-corrected chi connectivity index (χ0v) is 14.3. The summed E-state index contributed by atoms with van der Waals surface area (Å²) in [6.07, 6.45) is 1.91. The number of hydrogen-bond donors (Lipinski definition) is 2. The minimum absolute atomic E-state index is 0. The first-order valence-electron chi connectivity index (χ1n) is 7.54. The summed E-state index contributed by atoms with van der Waals surface area (Å²) in [7, 11) is 1.57. The summed E-state index contributed by atoms with van der Waals surface area (Å²) in [5.41, 5.74) is 3.58. The summed E-state index contributed by atoms with van der Waals surface area (Å²) in [6.45, 7) is 0.597. The smallest absolute Gasteiger partial charge is 0.228 e. The fraction of sp³-hybridized carbons (Fsp3) is 0.176. The summed E-state index contributed by atoms with van der Waals surface area (Å²) in [6, 6.07) is 9.62. The van der Waals surface area contributed by atoms with Crippen molar-refractivity contribution in [3.63, 3.8) is 0 Å². The van der Waals surface area contributed by atoms with Gasteiger partial charge >= 0.3 is 0 Å². The van der Waals surface area contributed by atoms with Crippen LogP contribution in [0.5, 0.6) is 5.88 Å². The van der Waals surface area contributed by atoms with Crippen molar-refractivity contribution in [1.29, 1.82) is 0 Å². The number of methoxy groups -OCH3 is 1. The van der Waals surface area contributed by atoms with E-state index in [2.05, 4.69) is 25.6 Å². The van der Waals surface area contributed by atoms with Gasteiger partial charge in [0.1, 0.15) is 12.1 Å². The first-order valence-corrected chi connectivity index (χ1v) is 7.54. The lowest BCUT2D eigenvalue weighted by Gasteiger charge is -2.09. The number of hydrogen-bond acceptors (Lipinski definition) is 6. The van der Waals surface area contributed by atoms with E-state index >= 15 is 0 Å². The lowest BCUT2D eigenvalue weighted by molar-refractivity contribution is -0.115. The van der Waals surface area contributed by atoms with E-state index in [4.69, 9.17) is 4.74 Å². The molecule has 0 fully saturated rings. The van der Waals surface area contributed by atoms with Crippen LogP contribution >= 0.6 is 12.4 Å². The molecule has 0 unspecified atom stereocenters. The molecule has 0 spiro atoms. The Hall–Kier alpha value is -2.93. The molecule has 1 aromatic carbocycles. The Morgan fingerprint density at radius 1 is 1.24 bits per heavy atom. The number of anilines is 2. The van der Waals surface area contributed by atoms with Crippen LogP contribution in [-0.2, 0) is 17.8 Å². The average molecular weight is 358 g/mol. The highest BCUT2D eigenvalue weighted by molar-refractivity contribution is 5.99. The van der Waals surface area contributed by atoms with Gasteiger partial charge in [0.2, 0.25) is 11.8 Å². The van der Waals surface area contributed by atoms with E-state index in [0.717, 1.165) is 22.2 Å². The van der Waals surface area contributed by atoms with Crippen molar-refractivity contribution in [3.05, 3.63) is 47.8 Å². The van der Waals surface area contributed by atoms with Gasteiger partial charge < -0.3 is 15.4 Å². The molecule has 7 nitrogen and oxygen atoms in total. The van der Waals surface area contributed by atoms with Crippen LogP contribution < -0.4 is 15.4 Å². The molecule has 0 radical (unpaired) electrons. The molecule has 1 aliphatic rings. The van der Waals surface area contributed by atoms with Crippen LogP contribution in [0.25, 0.3) is 11.0 Å². The third-order valence-corrected chi connectivity index (χ3v) is 3.94. The second-order valence-corrected chi connectivity index (χ2v) is 5.52. The summed E-state index contributed by atoms with van der Waals surface area (Å²) < 4.78 is 5.12. The highest BCUT2D eigenvalue weighted by Crippen LogP contribution is 2.25. The Balaban J connectivity index is 0.00000182. The fourth-order valence-corrected chi connectivity index (χ4v) is 2.76. The zero-order valence-electron chi connectivity index (χ0n) is 13.4. The molecule has 3 heterocycles. The lowest BCUT2D eigenvalue weighted by atomic mass is 10.1. The van der Waals surface area contributed by atoms with Gasteiger partial charge in [-0.1, -0.05) is 12.1 Å². The van der Waals surface area contributed by atoms with Crippen LogP contribution in [0.4, 0.5) is 11.5 Å². The maximum atomic E-state index is 11.4. The molecule has 1 aliphatic heterocycles. The van der Waals surface area contributed by atoms with Gasteiger partial charge in [-0.05, 0) is 23.3 Å². The number of amides is 1. The Kier molecular flexibility index (Phi) is 4.67. The summed E-state index contributed by atoms with van der Waals surface area (Å²) in [5, 5.41) is 6.97. The van der Waals surface area contributed by atoms with Gasteiger partial charge in [0.15, 0.2) is 5.65 Å². The SMILES string of the molecule is COc1ccc2c(NCc3ccc4c(c3)CC(=O)N4)ncnc2n1.Cl. The predicted molar refractivity (Wildman–Crippen MR) is 97.2 cm³/mol. The summed E-state index contributed by atoms with van der Waals surface area (Å²) in [4.78, 5) is 24.2. The number of carbonyl (C=O) groups is 1. The van der Waals surface area contributed by atoms with Crippen LogP contribution in [0.2, 0.25) is 0 Å². The van der Waals surface area contributed by atoms with Gasteiger partial charge in [-0.2, -0.15) is 4.98 Å². The normalized spacial score (nSPS) is 12.3. The Bertz CT molecular complexity index is 947. The molecule has 0 aliphatic carbocycles. The molecular formula is C17H16ClN5O2. The highest BCUT2D eigenvalue weighted by Gasteiger charge is 2.17. The Labute approximate surface area is 150 Å². The van der Waals surface area contributed by atoms with Crippen LogP contribution in [-0.4, -0.2) is 28.0 Å². The third kappa shape index (κ3) is 3.32. The predicted octanol–water partition coefficient (Wildman–Crippen LogP) is 2.56. The standard InChI is InChI=1S/C17H15N5O2.ClH/c1-24-15-5-3-12-16(19-9-20-17(12)22-15)18-8-10-2-4-13-11(6-10)7-14(23)21-13;/h2-6,9H,7-8H2,1H3,(H,21,23)(H,18,19,20,22);1H. The van der Waals surface area contributed by atoms with Crippen molar-refractivity contribution in [1.82, 2.24) is 15.0 Å². The van der Waals surface area contributed by atoms with E-state index in [1.54, 1.807) is 13.2 Å². The molecule has 1 amide bonds. The molecule has 128 valence electrons. The van der Waals surface area contributed by atoms with Gasteiger partial charge in [-0.25, -0.2) is 9.97 Å². The Morgan fingerprint density at radius 2 is 2.12 bits per heavy atom. The number of benzene rings is 1. The number of nitrogens with zero attached hydrogens (tertiary/aromatic N) is 3. The van der Waals surface area contributed by atoms with E-state index in [9.17, 15) is 4.79 Å². The number of halogens is 1. The van der Waals surface area contributed by atoms with Crippen LogP contribution in [0.15, 0.2) is 36.7 Å². The van der Waals surface area contributed by atoms with Gasteiger partial charge in [0, 0.05) is 18.3 Å². The van der Waals surface area contributed by atoms with Gasteiger partial charge in [0.05, 0.1) is 18.9 Å². The molecule has 2 N–H and O–H groups in total. The van der Waals surface area contributed by atoms with Crippen molar-refractivity contribution < 1.29 is 9.53 Å². The monoisotopic (exact) mass is 357 g/mol. The van der Waals surface area contributed by atoms with E-state index in [1.165, 1.54) is 6.33 Å². The molecule has 4 rings (SSSR count). The van der Waals surface area contributed by atoms with E-state index < -0.39 is 0 Å². The molecule has 0 saturated carbocycles. The van der Waals surface area contributed by atoms with E-state index in [0.29, 0.717) is 30.3 Å². The van der Waals surface area contributed by atoms with E-state index in [1.807, 2.05) is 24.3 Å². The number of aromatic nitrogens is 3. The number of fused-ring (bicyclic) bond motifs is 2. The zero-order chi connectivity index (χ0) is 16.5. The van der Waals surface area contributed by atoms with Crippen molar-refractivity contribution in [2.75, 3.05) is 17.7 Å². The number of rotatable bonds is 4. The largest absolute Gasteiger partial charge is 0.481 e. The van der Waals surface area contributed by atoms with Crippen molar-refractivity contribution in [2.24, 2.45) is 0 Å². The molecule has 8 heteroatoms. The number of carbonyl (C=O) groups excluding carboxylic acids is 1. The topological polar surface area (TPSA) is 89.0 Å². The number of ether oxygens (including phenoxy) is 1. The Morgan fingerprint density at radius 3 is 2.96 bits per heavy atom. The molecule has 0 saturated heterocycles. The van der Waals surface area contributed by atoms with Gasteiger partial charge in [-0.3, -0.25) is 4.79 Å². The van der Waals surface area contributed by atoms with Crippen molar-refractivity contribution in [2.45, 2.75) is 13.0 Å². The third-order valence-electron chi connectivity index (χ3n) is 3.94. The van der Waals surface area contributed by atoms with Gasteiger partial charge in [-0.15, -0.1) is 12.4 Å². The second kappa shape index (κ2) is 6.90. The minimum Gasteiger partial charge on any atom is -0.481 e. The lowest BCUT2D eigenvalue weighted by Crippen LogP contribution is -2.03. The molecular weight excluding hydrogens is 342 g/mol. The first-order chi connectivity index (χ1) is 11.7. The summed E-state index contributed by atoms with van der Waals surface area (Å²) >= 11 is 0. The first kappa shape index (κ1) is 16.9. The molecule has 0 atom stereocenters. The van der Waals surface area contributed by atoms with Crippen LogP contribution in [0.1, 0.15) is 11.1 Å². The molecule has 2 aromatic heterocycles. The number of nitrogens with one attached hydrogen (secondary N) is 2. The van der Waals surface area contributed by atoms with E-state index in [-0.39, 0.29) is 18.3 Å². The maximum absolute atomic E-state index is 11.4. The maximum Gasteiger partial charge on any atom is 0.228 e. The van der Waals surface area contributed by atoms with Crippen LogP contribution in [0.3, 0.4) is 0 Å². The van der Waals surface area contributed by atoms with Crippen molar-refractivity contribution in [3.8, 4) is 5.88 Å². The molecule has 3 aromatic rings. The van der Waals surface area contributed by atoms with Gasteiger partial charge in [0.25, 0.3) is 0 Å². The number of pyridine rings is 1. The molecule has 25 heavy (non-hydrogen) atoms.